The molecule has 0 amide bonds. The first-order valence-corrected chi connectivity index (χ1v) is 4.00. The Morgan fingerprint density at radius 3 is 2.57 bits per heavy atom. The number of methoxy groups -OCH3 is 1. The first-order chi connectivity index (χ1) is 6.60. The minimum atomic E-state index is -0.496. The molecule has 0 spiro atoms. The molecule has 1 aromatic rings. The second-order valence-corrected chi connectivity index (χ2v) is 2.76. The number of ether oxygens (including phenoxy) is 1. The molecule has 0 bridgehead atoms. The van der Waals surface area contributed by atoms with Crippen molar-refractivity contribution in [3.05, 3.63) is 29.8 Å². The van der Waals surface area contributed by atoms with Gasteiger partial charge in [-0.15, -0.1) is 0 Å². The van der Waals surface area contributed by atoms with Crippen molar-refractivity contribution in [3.8, 4) is 0 Å². The van der Waals surface area contributed by atoms with E-state index in [9.17, 15) is 4.79 Å². The van der Waals surface area contributed by atoms with Crippen LogP contribution in [0.15, 0.2) is 18.7 Å². The molecular weight excluding hydrogens is 180 g/mol. The Balaban J connectivity index is 3.28. The van der Waals surface area contributed by atoms with Gasteiger partial charge in [0.05, 0.1) is 12.7 Å². The SMILES string of the molecule is C=Cc1cc(N)c(C(=O)OC)cc1N. The van der Waals surface area contributed by atoms with Crippen molar-refractivity contribution < 1.29 is 9.53 Å². The van der Waals surface area contributed by atoms with Gasteiger partial charge in [-0.3, -0.25) is 0 Å². The van der Waals surface area contributed by atoms with Crippen LogP contribution >= 0.6 is 0 Å². The number of hydrogen-bond acceptors (Lipinski definition) is 4. The standard InChI is InChI=1S/C10H12N2O2/c1-3-6-4-9(12)7(5-8(6)11)10(13)14-2/h3-5H,1,11-12H2,2H3. The Labute approximate surface area is 82.2 Å². The maximum atomic E-state index is 11.2. The lowest BCUT2D eigenvalue weighted by molar-refractivity contribution is 0.0602. The van der Waals surface area contributed by atoms with E-state index < -0.39 is 5.97 Å². The molecule has 74 valence electrons. The molecule has 4 N–H and O–H groups in total. The number of esters is 1. The summed E-state index contributed by atoms with van der Waals surface area (Å²) in [4.78, 5) is 11.2. The van der Waals surface area contributed by atoms with Crippen molar-refractivity contribution in [3.63, 3.8) is 0 Å². The summed E-state index contributed by atoms with van der Waals surface area (Å²) in [6.45, 7) is 3.58. The lowest BCUT2D eigenvalue weighted by Crippen LogP contribution is -2.07. The van der Waals surface area contributed by atoms with Gasteiger partial charge in [0.15, 0.2) is 0 Å². The van der Waals surface area contributed by atoms with Crippen molar-refractivity contribution in [1.29, 1.82) is 0 Å². The van der Waals surface area contributed by atoms with E-state index in [0.717, 1.165) is 0 Å². The topological polar surface area (TPSA) is 78.3 Å². The fourth-order valence-corrected chi connectivity index (χ4v) is 1.11. The van der Waals surface area contributed by atoms with Crippen LogP contribution in [0.25, 0.3) is 6.08 Å². The highest BCUT2D eigenvalue weighted by molar-refractivity contribution is 5.97. The van der Waals surface area contributed by atoms with E-state index >= 15 is 0 Å². The van der Waals surface area contributed by atoms with Crippen LogP contribution in [0.1, 0.15) is 15.9 Å². The first kappa shape index (κ1) is 10.1. The zero-order valence-electron chi connectivity index (χ0n) is 7.91. The van der Waals surface area contributed by atoms with Gasteiger partial charge in [-0.2, -0.15) is 0 Å². The fourth-order valence-electron chi connectivity index (χ4n) is 1.11. The highest BCUT2D eigenvalue weighted by Gasteiger charge is 2.11. The van der Waals surface area contributed by atoms with E-state index in [0.29, 0.717) is 16.9 Å². The van der Waals surface area contributed by atoms with Gasteiger partial charge in [0.2, 0.25) is 0 Å². The number of benzene rings is 1. The molecule has 0 atom stereocenters. The van der Waals surface area contributed by atoms with Gasteiger partial charge in [0.25, 0.3) is 0 Å². The molecule has 1 rings (SSSR count). The van der Waals surface area contributed by atoms with E-state index in [1.807, 2.05) is 0 Å². The summed E-state index contributed by atoms with van der Waals surface area (Å²) in [7, 11) is 1.29. The fraction of sp³-hybridized carbons (Fsp3) is 0.100. The molecule has 0 aliphatic rings. The zero-order chi connectivity index (χ0) is 10.7. The maximum absolute atomic E-state index is 11.2. The summed E-state index contributed by atoms with van der Waals surface area (Å²) in [6, 6.07) is 3.08. The van der Waals surface area contributed by atoms with Crippen molar-refractivity contribution >= 4 is 23.4 Å². The molecule has 0 radical (unpaired) electrons. The van der Waals surface area contributed by atoms with Gasteiger partial charge in [-0.1, -0.05) is 12.7 Å². The number of hydrogen-bond donors (Lipinski definition) is 2. The van der Waals surface area contributed by atoms with Crippen LogP contribution in [0.2, 0.25) is 0 Å². The quantitative estimate of drug-likeness (QED) is 0.546. The molecule has 0 aliphatic heterocycles. The third-order valence-corrected chi connectivity index (χ3v) is 1.88. The second-order valence-electron chi connectivity index (χ2n) is 2.76. The summed E-state index contributed by atoms with van der Waals surface area (Å²) in [5.74, 6) is -0.496. The number of anilines is 2. The second kappa shape index (κ2) is 3.83. The lowest BCUT2D eigenvalue weighted by atomic mass is 10.1. The molecule has 0 unspecified atom stereocenters. The molecule has 14 heavy (non-hydrogen) atoms. The Morgan fingerprint density at radius 2 is 2.07 bits per heavy atom. The zero-order valence-corrected chi connectivity index (χ0v) is 7.91. The van der Waals surface area contributed by atoms with Gasteiger partial charge < -0.3 is 16.2 Å². The molecule has 4 nitrogen and oxygen atoms in total. The summed E-state index contributed by atoms with van der Waals surface area (Å²) in [5, 5.41) is 0. The largest absolute Gasteiger partial charge is 0.465 e. The smallest absolute Gasteiger partial charge is 0.340 e. The van der Waals surface area contributed by atoms with E-state index in [1.165, 1.54) is 13.2 Å². The lowest BCUT2D eigenvalue weighted by Gasteiger charge is -2.07. The van der Waals surface area contributed by atoms with E-state index in [-0.39, 0.29) is 5.56 Å². The Kier molecular flexibility index (Phi) is 2.76. The number of rotatable bonds is 2. The van der Waals surface area contributed by atoms with Gasteiger partial charge in [0, 0.05) is 11.4 Å². The van der Waals surface area contributed by atoms with Crippen molar-refractivity contribution in [2.45, 2.75) is 0 Å². The first-order valence-electron chi connectivity index (χ1n) is 4.00. The number of carbonyl (C=O) groups is 1. The van der Waals surface area contributed by atoms with Crippen LogP contribution in [-0.2, 0) is 4.74 Å². The van der Waals surface area contributed by atoms with E-state index in [1.54, 1.807) is 12.1 Å². The molecular formula is C10H12N2O2. The van der Waals surface area contributed by atoms with Crippen LogP contribution in [-0.4, -0.2) is 13.1 Å². The Hall–Kier alpha value is -1.97. The van der Waals surface area contributed by atoms with Crippen LogP contribution < -0.4 is 11.5 Å². The van der Waals surface area contributed by atoms with Crippen LogP contribution in [0.4, 0.5) is 11.4 Å². The minimum Gasteiger partial charge on any atom is -0.465 e. The minimum absolute atomic E-state index is 0.274. The number of carbonyl (C=O) groups excluding carboxylic acids is 1. The molecule has 0 saturated carbocycles. The van der Waals surface area contributed by atoms with Crippen LogP contribution in [0, 0.1) is 0 Å². The van der Waals surface area contributed by atoms with Gasteiger partial charge >= 0.3 is 5.97 Å². The normalized spacial score (nSPS) is 9.50. The number of nitrogens with two attached hydrogens (primary N) is 2. The molecule has 0 aromatic heterocycles. The third-order valence-electron chi connectivity index (χ3n) is 1.88. The molecule has 4 heteroatoms. The van der Waals surface area contributed by atoms with Gasteiger partial charge in [-0.05, 0) is 17.7 Å². The molecule has 0 heterocycles. The van der Waals surface area contributed by atoms with Crippen molar-refractivity contribution in [1.82, 2.24) is 0 Å². The summed E-state index contributed by atoms with van der Waals surface area (Å²) in [6.07, 6.45) is 1.58. The van der Waals surface area contributed by atoms with Crippen molar-refractivity contribution in [2.24, 2.45) is 0 Å². The monoisotopic (exact) mass is 192 g/mol. The third kappa shape index (κ3) is 1.69. The molecule has 0 saturated heterocycles. The predicted molar refractivity (Wildman–Crippen MR) is 56.7 cm³/mol. The molecule has 1 aromatic carbocycles. The average Bonchev–Trinajstić information content (AvgIpc) is 2.19. The molecule has 0 aliphatic carbocycles. The van der Waals surface area contributed by atoms with Crippen LogP contribution in [0.3, 0.4) is 0 Å². The number of nitrogen functional groups attached to an aromatic ring is 2. The average molecular weight is 192 g/mol. The summed E-state index contributed by atoms with van der Waals surface area (Å²) < 4.78 is 4.55. The van der Waals surface area contributed by atoms with Crippen molar-refractivity contribution in [2.75, 3.05) is 18.6 Å². The Bertz CT molecular complexity index is 386. The van der Waals surface area contributed by atoms with Gasteiger partial charge in [-0.25, -0.2) is 4.79 Å². The highest BCUT2D eigenvalue weighted by atomic mass is 16.5. The van der Waals surface area contributed by atoms with E-state index in [4.69, 9.17) is 11.5 Å². The Morgan fingerprint density at radius 1 is 1.43 bits per heavy atom. The van der Waals surface area contributed by atoms with Gasteiger partial charge in [0.1, 0.15) is 0 Å². The molecule has 0 fully saturated rings. The highest BCUT2D eigenvalue weighted by Crippen LogP contribution is 2.22. The maximum Gasteiger partial charge on any atom is 0.340 e. The predicted octanol–water partition coefficient (Wildman–Crippen LogP) is 1.28. The summed E-state index contributed by atoms with van der Waals surface area (Å²) >= 11 is 0. The van der Waals surface area contributed by atoms with Crippen LogP contribution in [0.5, 0.6) is 0 Å². The van der Waals surface area contributed by atoms with E-state index in [2.05, 4.69) is 11.3 Å². The summed E-state index contributed by atoms with van der Waals surface area (Å²) in [5.41, 5.74) is 13.1.